The molecule has 150 valence electrons. The smallest absolute Gasteiger partial charge is 0.378 e. The molecule has 3 nitrogen and oxygen atoms in total. The Morgan fingerprint density at radius 3 is 2.31 bits per heavy atom. The highest BCUT2D eigenvalue weighted by molar-refractivity contribution is 5.85. The molecular weight excluding hydrogens is 388 g/mol. The lowest BCUT2D eigenvalue weighted by Gasteiger charge is -2.31. The van der Waals surface area contributed by atoms with Crippen LogP contribution in [0, 0.1) is 5.92 Å². The number of hydrogen-bond donors (Lipinski definition) is 1. The van der Waals surface area contributed by atoms with Gasteiger partial charge in [-0.2, -0.15) is 13.2 Å². The number of aromatic nitrogens is 1. The topological polar surface area (TPSA) is 34.1 Å². The maximum atomic E-state index is 13.1. The van der Waals surface area contributed by atoms with Gasteiger partial charge >= 0.3 is 6.18 Å². The number of nitrogens with one attached hydrogen (secondary N) is 1. The van der Waals surface area contributed by atoms with Gasteiger partial charge in [0.15, 0.2) is 0 Å². The zero-order valence-electron chi connectivity index (χ0n) is 14.6. The van der Waals surface area contributed by atoms with Crippen LogP contribution in [-0.4, -0.2) is 30.8 Å². The molecule has 2 fully saturated rings. The van der Waals surface area contributed by atoms with Crippen LogP contribution in [0.1, 0.15) is 55.6 Å². The van der Waals surface area contributed by atoms with E-state index < -0.39 is 11.7 Å². The SMILES string of the molecule is Cl.Cl.FC(F)(F)c1cnccc1[C@H]1CC[C@H](OCC2CCNCC2)CC1. The molecule has 0 unspecified atom stereocenters. The molecule has 0 bridgehead atoms. The van der Waals surface area contributed by atoms with E-state index in [0.29, 0.717) is 11.5 Å². The van der Waals surface area contributed by atoms with E-state index in [2.05, 4.69) is 10.3 Å². The lowest BCUT2D eigenvalue weighted by Crippen LogP contribution is -2.31. The molecule has 0 atom stereocenters. The maximum Gasteiger partial charge on any atom is 0.418 e. The van der Waals surface area contributed by atoms with Crippen molar-refractivity contribution in [3.8, 4) is 0 Å². The van der Waals surface area contributed by atoms with E-state index in [1.165, 1.54) is 12.3 Å². The summed E-state index contributed by atoms with van der Waals surface area (Å²) in [5, 5.41) is 3.34. The van der Waals surface area contributed by atoms with Crippen molar-refractivity contribution in [1.29, 1.82) is 0 Å². The van der Waals surface area contributed by atoms with Gasteiger partial charge in [-0.05, 0) is 75.1 Å². The summed E-state index contributed by atoms with van der Waals surface area (Å²) in [6, 6.07) is 1.53. The van der Waals surface area contributed by atoms with Gasteiger partial charge in [-0.3, -0.25) is 4.98 Å². The number of ether oxygens (including phenoxy) is 1. The van der Waals surface area contributed by atoms with E-state index in [1.54, 1.807) is 0 Å². The van der Waals surface area contributed by atoms with Crippen LogP contribution in [0.2, 0.25) is 0 Å². The normalized spacial score (nSPS) is 24.4. The Balaban J connectivity index is 0.00000169. The van der Waals surface area contributed by atoms with Gasteiger partial charge in [0.1, 0.15) is 0 Å². The molecular formula is C18H27Cl2F3N2O. The molecule has 0 spiro atoms. The molecule has 0 amide bonds. The number of pyridine rings is 1. The Morgan fingerprint density at radius 2 is 1.69 bits per heavy atom. The van der Waals surface area contributed by atoms with Crippen molar-refractivity contribution in [3.63, 3.8) is 0 Å². The first-order valence-electron chi connectivity index (χ1n) is 8.87. The predicted molar refractivity (Wildman–Crippen MR) is 100 cm³/mol. The molecule has 3 rings (SSSR count). The molecule has 1 saturated carbocycles. The molecule has 1 aromatic heterocycles. The van der Waals surface area contributed by atoms with E-state index in [-0.39, 0.29) is 36.8 Å². The predicted octanol–water partition coefficient (Wildman–Crippen LogP) is 4.99. The van der Waals surface area contributed by atoms with Crippen LogP contribution in [0.5, 0.6) is 0 Å². The summed E-state index contributed by atoms with van der Waals surface area (Å²) < 4.78 is 45.5. The van der Waals surface area contributed by atoms with Gasteiger partial charge in [0.25, 0.3) is 0 Å². The third-order valence-electron chi connectivity index (χ3n) is 5.30. The van der Waals surface area contributed by atoms with Crippen LogP contribution >= 0.6 is 24.8 Å². The van der Waals surface area contributed by atoms with E-state index in [9.17, 15) is 13.2 Å². The van der Waals surface area contributed by atoms with Gasteiger partial charge in [-0.25, -0.2) is 0 Å². The van der Waals surface area contributed by atoms with Gasteiger partial charge in [-0.1, -0.05) is 0 Å². The fourth-order valence-electron chi connectivity index (χ4n) is 3.86. The standard InChI is InChI=1S/C18H25F3N2O.2ClH/c19-18(20,21)17-11-23-10-7-16(17)14-1-3-15(4-2-14)24-12-13-5-8-22-9-6-13;;/h7,10-11,13-15,22H,1-6,8-9,12H2;2*1H/t14-,15-;;. The molecule has 1 aliphatic carbocycles. The van der Waals surface area contributed by atoms with Crippen molar-refractivity contribution in [2.75, 3.05) is 19.7 Å². The van der Waals surface area contributed by atoms with Crippen LogP contribution in [0.3, 0.4) is 0 Å². The number of alkyl halides is 3. The van der Waals surface area contributed by atoms with Crippen LogP contribution in [0.15, 0.2) is 18.5 Å². The second-order valence-electron chi connectivity index (χ2n) is 6.96. The van der Waals surface area contributed by atoms with Gasteiger partial charge in [0.2, 0.25) is 0 Å². The van der Waals surface area contributed by atoms with Crippen LogP contribution in [-0.2, 0) is 10.9 Å². The molecule has 0 radical (unpaired) electrons. The Bertz CT molecular complexity index is 531. The van der Waals surface area contributed by atoms with E-state index >= 15 is 0 Å². The molecule has 1 aliphatic heterocycles. The molecule has 1 saturated heterocycles. The summed E-state index contributed by atoms with van der Waals surface area (Å²) in [6.45, 7) is 2.91. The van der Waals surface area contributed by atoms with Crippen molar-refractivity contribution < 1.29 is 17.9 Å². The Kier molecular flexibility index (Phi) is 9.65. The molecule has 2 heterocycles. The minimum atomic E-state index is -4.33. The summed E-state index contributed by atoms with van der Waals surface area (Å²) >= 11 is 0. The number of rotatable bonds is 4. The molecule has 1 N–H and O–H groups in total. The Labute approximate surface area is 165 Å². The van der Waals surface area contributed by atoms with Crippen LogP contribution < -0.4 is 5.32 Å². The first kappa shape index (κ1) is 23.5. The third-order valence-corrected chi connectivity index (χ3v) is 5.30. The van der Waals surface area contributed by atoms with Crippen molar-refractivity contribution in [3.05, 3.63) is 29.6 Å². The van der Waals surface area contributed by atoms with Gasteiger partial charge < -0.3 is 10.1 Å². The highest BCUT2D eigenvalue weighted by Gasteiger charge is 2.36. The highest BCUT2D eigenvalue weighted by atomic mass is 35.5. The van der Waals surface area contributed by atoms with Gasteiger partial charge in [-0.15, -0.1) is 24.8 Å². The molecule has 26 heavy (non-hydrogen) atoms. The second kappa shape index (κ2) is 10.7. The minimum Gasteiger partial charge on any atom is -0.378 e. The maximum absolute atomic E-state index is 13.1. The summed E-state index contributed by atoms with van der Waals surface area (Å²) in [4.78, 5) is 3.65. The fraction of sp³-hybridized carbons (Fsp3) is 0.722. The number of halogens is 5. The summed E-state index contributed by atoms with van der Waals surface area (Å²) in [6.07, 6.45) is 3.79. The highest BCUT2D eigenvalue weighted by Crippen LogP contribution is 2.40. The van der Waals surface area contributed by atoms with Crippen molar-refractivity contribution in [1.82, 2.24) is 10.3 Å². The number of piperidine rings is 1. The summed E-state index contributed by atoms with van der Waals surface area (Å²) in [7, 11) is 0. The first-order chi connectivity index (χ1) is 11.5. The third kappa shape index (κ3) is 6.25. The van der Waals surface area contributed by atoms with E-state index in [0.717, 1.165) is 64.4 Å². The monoisotopic (exact) mass is 414 g/mol. The quantitative estimate of drug-likeness (QED) is 0.753. The summed E-state index contributed by atoms with van der Waals surface area (Å²) in [5.41, 5.74) is -0.182. The fourth-order valence-corrected chi connectivity index (χ4v) is 3.86. The zero-order chi connectivity index (χ0) is 17.0. The molecule has 2 aliphatic rings. The van der Waals surface area contributed by atoms with Gasteiger partial charge in [0, 0.05) is 19.0 Å². The van der Waals surface area contributed by atoms with Crippen LogP contribution in [0.25, 0.3) is 0 Å². The molecule has 1 aromatic rings. The Morgan fingerprint density at radius 1 is 1.04 bits per heavy atom. The Hall–Kier alpha value is -0.560. The van der Waals surface area contributed by atoms with Crippen LogP contribution in [0.4, 0.5) is 13.2 Å². The summed E-state index contributed by atoms with van der Waals surface area (Å²) in [5.74, 6) is 0.587. The first-order valence-corrected chi connectivity index (χ1v) is 8.87. The van der Waals surface area contributed by atoms with Gasteiger partial charge in [0.05, 0.1) is 11.7 Å². The largest absolute Gasteiger partial charge is 0.418 e. The number of nitrogens with zero attached hydrogens (tertiary/aromatic N) is 1. The van der Waals surface area contributed by atoms with Crippen molar-refractivity contribution in [2.45, 2.75) is 56.7 Å². The van der Waals surface area contributed by atoms with E-state index in [1.807, 2.05) is 0 Å². The van der Waals surface area contributed by atoms with Crippen molar-refractivity contribution >= 4 is 24.8 Å². The van der Waals surface area contributed by atoms with E-state index in [4.69, 9.17) is 4.74 Å². The molecule has 0 aromatic carbocycles. The second-order valence-corrected chi connectivity index (χ2v) is 6.96. The minimum absolute atomic E-state index is 0. The number of hydrogen-bond acceptors (Lipinski definition) is 3. The van der Waals surface area contributed by atoms with Crippen molar-refractivity contribution in [2.24, 2.45) is 5.92 Å². The average molecular weight is 415 g/mol. The lowest BCUT2D eigenvalue weighted by atomic mass is 9.81. The lowest BCUT2D eigenvalue weighted by molar-refractivity contribution is -0.138. The molecule has 8 heteroatoms. The average Bonchev–Trinajstić information content (AvgIpc) is 2.61. The zero-order valence-corrected chi connectivity index (χ0v) is 16.3.